The lowest BCUT2D eigenvalue weighted by Crippen LogP contribution is -2.30. The molecule has 0 spiro atoms. The number of ether oxygens (including phenoxy) is 1. The third-order valence-corrected chi connectivity index (χ3v) is 3.98. The van der Waals surface area contributed by atoms with Crippen LogP contribution in [0, 0.1) is 5.82 Å². The van der Waals surface area contributed by atoms with Crippen molar-refractivity contribution in [3.05, 3.63) is 95.3 Å². The van der Waals surface area contributed by atoms with E-state index >= 15 is 0 Å². The van der Waals surface area contributed by atoms with Crippen molar-refractivity contribution >= 4 is 29.5 Å². The predicted octanol–water partition coefficient (Wildman–Crippen LogP) is 3.61. The lowest BCUT2D eigenvalue weighted by molar-refractivity contribution is -0.113. The monoisotopic (exact) mass is 408 g/mol. The number of amides is 2. The van der Waals surface area contributed by atoms with Crippen molar-refractivity contribution in [2.45, 2.75) is 0 Å². The first kappa shape index (κ1) is 20.5. The molecule has 152 valence electrons. The van der Waals surface area contributed by atoms with Gasteiger partial charge in [-0.2, -0.15) is 0 Å². The summed E-state index contributed by atoms with van der Waals surface area (Å²) in [6.45, 7) is 0. The molecule has 30 heavy (non-hydrogen) atoms. The minimum Gasteiger partial charge on any atom is -0.465 e. The Morgan fingerprint density at radius 1 is 1.00 bits per heavy atom. The molecule has 0 fully saturated rings. The summed E-state index contributed by atoms with van der Waals surface area (Å²) in [5, 5.41) is 5.12. The molecule has 7 nitrogen and oxygen atoms in total. The number of hydrogen-bond donors (Lipinski definition) is 2. The lowest BCUT2D eigenvalue weighted by Gasteiger charge is -2.11. The highest BCUT2D eigenvalue weighted by atomic mass is 19.1. The van der Waals surface area contributed by atoms with Crippen molar-refractivity contribution in [1.29, 1.82) is 0 Å². The molecule has 0 saturated heterocycles. The second-order valence-corrected chi connectivity index (χ2v) is 6.06. The summed E-state index contributed by atoms with van der Waals surface area (Å²) < 4.78 is 22.8. The summed E-state index contributed by atoms with van der Waals surface area (Å²) in [7, 11) is 1.27. The van der Waals surface area contributed by atoms with Crippen LogP contribution < -0.4 is 10.6 Å². The standard InChI is InChI=1S/C22H17FN2O5/c1-29-22(28)15-6-10-17(11-7-15)24-20(26)18(13-14-4-8-16(23)9-5-14)25-21(27)19-3-2-12-30-19/h2-13H,1H3,(H,24,26)(H,25,27)/b18-13-. The van der Waals surface area contributed by atoms with E-state index in [1.54, 1.807) is 6.07 Å². The minimum absolute atomic E-state index is 0.0234. The Morgan fingerprint density at radius 3 is 2.30 bits per heavy atom. The Hall–Kier alpha value is -4.20. The number of carbonyl (C=O) groups is 3. The van der Waals surface area contributed by atoms with Crippen molar-refractivity contribution in [1.82, 2.24) is 5.32 Å². The van der Waals surface area contributed by atoms with Gasteiger partial charge in [-0.3, -0.25) is 9.59 Å². The first-order valence-electron chi connectivity index (χ1n) is 8.78. The molecule has 0 aliphatic heterocycles. The van der Waals surface area contributed by atoms with Gasteiger partial charge in [0, 0.05) is 5.69 Å². The number of anilines is 1. The van der Waals surface area contributed by atoms with Gasteiger partial charge in [-0.15, -0.1) is 0 Å². The molecule has 2 amide bonds. The maximum atomic E-state index is 13.2. The highest BCUT2D eigenvalue weighted by Gasteiger charge is 2.17. The number of rotatable bonds is 6. The van der Waals surface area contributed by atoms with E-state index in [2.05, 4.69) is 15.4 Å². The van der Waals surface area contributed by atoms with Crippen LogP contribution in [-0.4, -0.2) is 24.9 Å². The fourth-order valence-electron chi connectivity index (χ4n) is 2.48. The first-order valence-corrected chi connectivity index (χ1v) is 8.78. The Morgan fingerprint density at radius 2 is 1.70 bits per heavy atom. The Kier molecular flexibility index (Phi) is 6.39. The molecular formula is C22H17FN2O5. The predicted molar refractivity (Wildman–Crippen MR) is 107 cm³/mol. The summed E-state index contributed by atoms with van der Waals surface area (Å²) in [5.74, 6) is -2.15. The van der Waals surface area contributed by atoms with Gasteiger partial charge in [0.05, 0.1) is 18.9 Å². The van der Waals surface area contributed by atoms with Gasteiger partial charge in [0.25, 0.3) is 11.8 Å². The van der Waals surface area contributed by atoms with Gasteiger partial charge >= 0.3 is 5.97 Å². The summed E-state index contributed by atoms with van der Waals surface area (Å²) in [4.78, 5) is 36.6. The Bertz CT molecular complexity index is 1070. The third kappa shape index (κ3) is 5.20. The van der Waals surface area contributed by atoms with Crippen LogP contribution in [0.25, 0.3) is 6.08 Å². The molecule has 8 heteroatoms. The second-order valence-electron chi connectivity index (χ2n) is 6.06. The van der Waals surface area contributed by atoms with E-state index in [0.29, 0.717) is 16.8 Å². The van der Waals surface area contributed by atoms with E-state index in [1.807, 2.05) is 0 Å². The van der Waals surface area contributed by atoms with Gasteiger partial charge in [0.1, 0.15) is 11.5 Å². The molecular weight excluding hydrogens is 391 g/mol. The van der Waals surface area contributed by atoms with Crippen molar-refractivity contribution in [2.24, 2.45) is 0 Å². The van der Waals surface area contributed by atoms with Crippen LogP contribution in [0.2, 0.25) is 0 Å². The van der Waals surface area contributed by atoms with Crippen LogP contribution in [0.1, 0.15) is 26.5 Å². The number of benzene rings is 2. The van der Waals surface area contributed by atoms with Crippen molar-refractivity contribution in [3.63, 3.8) is 0 Å². The van der Waals surface area contributed by atoms with Crippen LogP contribution in [-0.2, 0) is 9.53 Å². The summed E-state index contributed by atoms with van der Waals surface area (Å²) in [5.41, 5.74) is 1.14. The molecule has 3 aromatic rings. The topological polar surface area (TPSA) is 97.6 Å². The zero-order valence-electron chi connectivity index (χ0n) is 15.8. The molecule has 1 aromatic heterocycles. The van der Waals surface area contributed by atoms with E-state index in [0.717, 1.165) is 0 Å². The second kappa shape index (κ2) is 9.33. The van der Waals surface area contributed by atoms with Crippen LogP contribution in [0.3, 0.4) is 0 Å². The maximum Gasteiger partial charge on any atom is 0.337 e. The van der Waals surface area contributed by atoms with E-state index in [9.17, 15) is 18.8 Å². The Balaban J connectivity index is 1.83. The average Bonchev–Trinajstić information content (AvgIpc) is 3.30. The molecule has 0 radical (unpaired) electrons. The fourth-order valence-corrected chi connectivity index (χ4v) is 2.48. The quantitative estimate of drug-likeness (QED) is 0.480. The molecule has 0 unspecified atom stereocenters. The van der Waals surface area contributed by atoms with Gasteiger partial charge in [-0.25, -0.2) is 9.18 Å². The zero-order chi connectivity index (χ0) is 21.5. The number of esters is 1. The fraction of sp³-hybridized carbons (Fsp3) is 0.0455. The number of hydrogen-bond acceptors (Lipinski definition) is 5. The van der Waals surface area contributed by atoms with Gasteiger partial charge in [-0.05, 0) is 60.2 Å². The normalized spacial score (nSPS) is 10.9. The van der Waals surface area contributed by atoms with Crippen LogP contribution in [0.5, 0.6) is 0 Å². The largest absolute Gasteiger partial charge is 0.465 e. The number of methoxy groups -OCH3 is 1. The Labute approximate surface area is 171 Å². The van der Waals surface area contributed by atoms with Crippen LogP contribution in [0.4, 0.5) is 10.1 Å². The lowest BCUT2D eigenvalue weighted by atomic mass is 10.1. The number of halogens is 1. The third-order valence-electron chi connectivity index (χ3n) is 3.98. The molecule has 3 rings (SSSR count). The highest BCUT2D eigenvalue weighted by molar-refractivity contribution is 6.10. The van der Waals surface area contributed by atoms with Crippen LogP contribution in [0.15, 0.2) is 77.0 Å². The number of nitrogens with one attached hydrogen (secondary N) is 2. The molecule has 0 atom stereocenters. The molecule has 1 heterocycles. The minimum atomic E-state index is -0.621. The summed E-state index contributed by atoms with van der Waals surface area (Å²) >= 11 is 0. The highest BCUT2D eigenvalue weighted by Crippen LogP contribution is 2.14. The first-order chi connectivity index (χ1) is 14.5. The van der Waals surface area contributed by atoms with Crippen molar-refractivity contribution in [2.75, 3.05) is 12.4 Å². The molecule has 0 aliphatic carbocycles. The summed E-state index contributed by atoms with van der Waals surface area (Å²) in [6.07, 6.45) is 2.74. The number of carbonyl (C=O) groups excluding carboxylic acids is 3. The van der Waals surface area contributed by atoms with Crippen LogP contribution >= 0.6 is 0 Å². The van der Waals surface area contributed by atoms with Gasteiger partial charge in [-0.1, -0.05) is 12.1 Å². The maximum absolute atomic E-state index is 13.2. The van der Waals surface area contributed by atoms with E-state index in [-0.39, 0.29) is 11.5 Å². The average molecular weight is 408 g/mol. The molecule has 0 aliphatic rings. The molecule has 0 bridgehead atoms. The molecule has 2 aromatic carbocycles. The number of furan rings is 1. The van der Waals surface area contributed by atoms with E-state index in [4.69, 9.17) is 4.42 Å². The van der Waals surface area contributed by atoms with Gasteiger partial charge in [0.2, 0.25) is 0 Å². The van der Waals surface area contributed by atoms with E-state index < -0.39 is 23.6 Å². The zero-order valence-corrected chi connectivity index (χ0v) is 15.8. The molecule has 0 saturated carbocycles. The van der Waals surface area contributed by atoms with E-state index in [1.165, 1.54) is 74.0 Å². The summed E-state index contributed by atoms with van der Waals surface area (Å²) in [6, 6.07) is 14.4. The van der Waals surface area contributed by atoms with Gasteiger partial charge in [0.15, 0.2) is 5.76 Å². The van der Waals surface area contributed by atoms with Gasteiger partial charge < -0.3 is 19.8 Å². The van der Waals surface area contributed by atoms with Crippen molar-refractivity contribution in [3.8, 4) is 0 Å². The smallest absolute Gasteiger partial charge is 0.337 e. The van der Waals surface area contributed by atoms with Crippen molar-refractivity contribution < 1.29 is 27.9 Å². The molecule has 2 N–H and O–H groups in total. The SMILES string of the molecule is COC(=O)c1ccc(NC(=O)/C(=C/c2ccc(F)cc2)NC(=O)c2ccco2)cc1.